The molecule has 0 N–H and O–H groups in total. The van der Waals surface area contributed by atoms with Gasteiger partial charge in [0.2, 0.25) is 0 Å². The second-order valence-corrected chi connectivity index (χ2v) is 4.25. The Kier molecular flexibility index (Phi) is 5.11. The van der Waals surface area contributed by atoms with E-state index < -0.39 is 47.7 Å². The lowest BCUT2D eigenvalue weighted by atomic mass is 9.79. The molecule has 0 amide bonds. The standard InChI is InChI=1S/C8HF15O2/c9-2(1(24)25,6(15,16)17)4(11,12)3(10,7(18,19)20)5(13,14)8(21,22)23/h(H,24,25)/p-1. The van der Waals surface area contributed by atoms with E-state index in [0.29, 0.717) is 0 Å². The maximum atomic E-state index is 13.4. The zero-order valence-corrected chi connectivity index (χ0v) is 10.5. The second-order valence-electron chi connectivity index (χ2n) is 4.25. The minimum absolute atomic E-state index is 4.94. The number of carboxylic acids is 1. The molecule has 0 bridgehead atoms. The first-order chi connectivity index (χ1) is 10.4. The summed E-state index contributed by atoms with van der Waals surface area (Å²) in [6.45, 7) is 0. The van der Waals surface area contributed by atoms with Crippen LogP contribution in [-0.2, 0) is 4.79 Å². The first kappa shape index (κ1) is 23.4. The molecular formula is C8F15O2-. The molecule has 0 radical (unpaired) electrons. The van der Waals surface area contributed by atoms with Crippen LogP contribution in [0.25, 0.3) is 0 Å². The Balaban J connectivity index is 7.18. The molecule has 0 aromatic heterocycles. The van der Waals surface area contributed by atoms with E-state index in [-0.39, 0.29) is 0 Å². The quantitative estimate of drug-likeness (QED) is 0.665. The van der Waals surface area contributed by atoms with E-state index in [1.807, 2.05) is 0 Å². The highest BCUT2D eigenvalue weighted by molar-refractivity contribution is 5.78. The summed E-state index contributed by atoms with van der Waals surface area (Å²) in [4.78, 5) is 9.92. The van der Waals surface area contributed by atoms with Gasteiger partial charge in [-0.15, -0.1) is 0 Å². The average Bonchev–Trinajstić information content (AvgIpc) is 2.31. The number of rotatable bonds is 4. The van der Waals surface area contributed by atoms with Crippen LogP contribution in [0, 0.1) is 0 Å². The summed E-state index contributed by atoms with van der Waals surface area (Å²) in [5.41, 5.74) is -16.6. The summed E-state index contributed by atoms with van der Waals surface area (Å²) in [6, 6.07) is 0. The number of carboxylic acid groups (broad SMARTS) is 1. The van der Waals surface area contributed by atoms with Crippen LogP contribution in [0.1, 0.15) is 0 Å². The molecule has 0 aromatic carbocycles. The second kappa shape index (κ2) is 5.46. The van der Waals surface area contributed by atoms with Crippen molar-refractivity contribution in [2.45, 2.75) is 41.7 Å². The highest BCUT2D eigenvalue weighted by Gasteiger charge is 2.96. The van der Waals surface area contributed by atoms with Gasteiger partial charge in [0.15, 0.2) is 0 Å². The largest absolute Gasteiger partial charge is 0.546 e. The molecule has 17 heteroatoms. The number of hydrogen-bond acceptors (Lipinski definition) is 2. The zero-order valence-electron chi connectivity index (χ0n) is 10.5. The van der Waals surface area contributed by atoms with E-state index in [9.17, 15) is 75.8 Å². The van der Waals surface area contributed by atoms with Crippen molar-refractivity contribution in [2.75, 3.05) is 0 Å². The smallest absolute Gasteiger partial charge is 0.457 e. The Bertz CT molecular complexity index is 527. The van der Waals surface area contributed by atoms with Crippen molar-refractivity contribution in [3.63, 3.8) is 0 Å². The van der Waals surface area contributed by atoms with E-state index in [1.54, 1.807) is 0 Å². The molecule has 0 saturated carbocycles. The molecule has 25 heavy (non-hydrogen) atoms. The highest BCUT2D eigenvalue weighted by atomic mass is 19.4. The lowest BCUT2D eigenvalue weighted by Crippen LogP contribution is -2.80. The first-order valence-electron chi connectivity index (χ1n) is 4.99. The minimum Gasteiger partial charge on any atom is -0.546 e. The highest BCUT2D eigenvalue weighted by Crippen LogP contribution is 2.64. The lowest BCUT2D eigenvalue weighted by molar-refractivity contribution is -0.455. The zero-order chi connectivity index (χ0) is 21.1. The first-order valence-corrected chi connectivity index (χ1v) is 4.99. The van der Waals surface area contributed by atoms with Crippen LogP contribution >= 0.6 is 0 Å². The Morgan fingerprint density at radius 3 is 1.00 bits per heavy atom. The molecule has 0 heterocycles. The molecule has 0 fully saturated rings. The predicted octanol–water partition coefficient (Wildman–Crippen LogP) is 3.11. The van der Waals surface area contributed by atoms with Crippen LogP contribution in [0.4, 0.5) is 65.9 Å². The van der Waals surface area contributed by atoms with Gasteiger partial charge in [-0.3, -0.25) is 0 Å². The van der Waals surface area contributed by atoms with Gasteiger partial charge in [0, 0.05) is 0 Å². The molecule has 2 nitrogen and oxygen atoms in total. The maximum Gasteiger partial charge on any atom is 0.457 e. The molecule has 0 saturated heterocycles. The lowest BCUT2D eigenvalue weighted by Gasteiger charge is -2.46. The topological polar surface area (TPSA) is 40.1 Å². The van der Waals surface area contributed by atoms with Gasteiger partial charge < -0.3 is 9.90 Å². The summed E-state index contributed by atoms with van der Waals surface area (Å²) < 4.78 is 187. The van der Waals surface area contributed by atoms with Crippen LogP contribution in [-0.4, -0.2) is 47.7 Å². The van der Waals surface area contributed by atoms with Crippen molar-refractivity contribution in [1.82, 2.24) is 0 Å². The van der Waals surface area contributed by atoms with E-state index in [4.69, 9.17) is 0 Å². The van der Waals surface area contributed by atoms with Crippen LogP contribution in [0.2, 0.25) is 0 Å². The Labute approximate surface area is 125 Å². The van der Waals surface area contributed by atoms with Crippen molar-refractivity contribution >= 4 is 5.97 Å². The monoisotopic (exact) mass is 413 g/mol. The van der Waals surface area contributed by atoms with Gasteiger partial charge in [-0.05, 0) is 0 Å². The third-order valence-corrected chi connectivity index (χ3v) is 2.72. The van der Waals surface area contributed by atoms with E-state index in [0.717, 1.165) is 0 Å². The Hall–Kier alpha value is -1.58. The molecule has 2 unspecified atom stereocenters. The molecule has 0 aliphatic carbocycles. The summed E-state index contributed by atoms with van der Waals surface area (Å²) in [7, 11) is 0. The van der Waals surface area contributed by atoms with Gasteiger partial charge in [0.1, 0.15) is 0 Å². The summed E-state index contributed by atoms with van der Waals surface area (Å²) in [5, 5.41) is 9.92. The van der Waals surface area contributed by atoms with Gasteiger partial charge in [-0.2, -0.15) is 57.1 Å². The fraction of sp³-hybridized carbons (Fsp3) is 0.875. The summed E-state index contributed by atoms with van der Waals surface area (Å²) in [6.07, 6.45) is -24.0. The van der Waals surface area contributed by atoms with E-state index in [2.05, 4.69) is 0 Å². The molecule has 0 aromatic rings. The molecule has 150 valence electrons. The van der Waals surface area contributed by atoms with Crippen LogP contribution in [0.15, 0.2) is 0 Å². The molecule has 0 rings (SSSR count). The molecule has 0 spiro atoms. The van der Waals surface area contributed by atoms with Crippen molar-refractivity contribution < 1.29 is 75.8 Å². The van der Waals surface area contributed by atoms with Gasteiger partial charge in [0.25, 0.3) is 0 Å². The summed E-state index contributed by atoms with van der Waals surface area (Å²) in [5.74, 6) is -21.9. The summed E-state index contributed by atoms with van der Waals surface area (Å²) >= 11 is 0. The Morgan fingerprint density at radius 1 is 0.520 bits per heavy atom. The van der Waals surface area contributed by atoms with Crippen LogP contribution in [0.5, 0.6) is 0 Å². The number of alkyl halides is 15. The number of carbonyl (C=O) groups is 1. The van der Waals surface area contributed by atoms with Crippen LogP contribution in [0.3, 0.4) is 0 Å². The third-order valence-electron chi connectivity index (χ3n) is 2.72. The molecule has 0 aliphatic rings. The van der Waals surface area contributed by atoms with Gasteiger partial charge in [-0.25, -0.2) is 8.78 Å². The van der Waals surface area contributed by atoms with Crippen molar-refractivity contribution in [2.24, 2.45) is 0 Å². The Morgan fingerprint density at radius 2 is 0.840 bits per heavy atom. The number of aliphatic carboxylic acids is 1. The van der Waals surface area contributed by atoms with Crippen molar-refractivity contribution in [1.29, 1.82) is 0 Å². The number of hydrogen-bond donors (Lipinski definition) is 0. The molecular weight excluding hydrogens is 413 g/mol. The fourth-order valence-electron chi connectivity index (χ4n) is 1.41. The van der Waals surface area contributed by atoms with Gasteiger partial charge in [0.05, 0.1) is 5.97 Å². The minimum atomic E-state index is -8.67. The van der Waals surface area contributed by atoms with E-state index >= 15 is 0 Å². The number of carbonyl (C=O) groups excluding carboxylic acids is 1. The SMILES string of the molecule is O=C([O-])C(F)(C(F)(F)F)C(F)(F)C(F)(C(F)(F)F)C(F)(F)C(F)(F)F. The third kappa shape index (κ3) is 2.74. The van der Waals surface area contributed by atoms with Gasteiger partial charge in [-0.1, -0.05) is 0 Å². The predicted molar refractivity (Wildman–Crippen MR) is 40.7 cm³/mol. The fourth-order valence-corrected chi connectivity index (χ4v) is 1.41. The van der Waals surface area contributed by atoms with E-state index in [1.165, 1.54) is 0 Å². The van der Waals surface area contributed by atoms with Crippen LogP contribution < -0.4 is 5.11 Å². The molecule has 0 aliphatic heterocycles. The van der Waals surface area contributed by atoms with Crippen molar-refractivity contribution in [3.8, 4) is 0 Å². The van der Waals surface area contributed by atoms with Crippen molar-refractivity contribution in [3.05, 3.63) is 0 Å². The number of halogens is 15. The average molecular weight is 413 g/mol. The normalized spacial score (nSPS) is 20.0. The van der Waals surface area contributed by atoms with Gasteiger partial charge >= 0.3 is 41.7 Å². The maximum absolute atomic E-state index is 13.4. The molecule has 2 atom stereocenters.